The molecule has 1 N–H and O–H groups in total. The molecular weight excluding hydrogens is 290 g/mol. The number of nitrogens with one attached hydrogen (secondary N) is 1. The first-order valence-electron chi connectivity index (χ1n) is 6.36. The zero-order valence-electron chi connectivity index (χ0n) is 11.9. The predicted molar refractivity (Wildman–Crippen MR) is 78.8 cm³/mol. The molecule has 0 bridgehead atoms. The van der Waals surface area contributed by atoms with Crippen LogP contribution in [0.15, 0.2) is 46.8 Å². The number of sulfonamides is 1. The van der Waals surface area contributed by atoms with E-state index in [4.69, 9.17) is 4.52 Å². The summed E-state index contributed by atoms with van der Waals surface area (Å²) in [4.78, 5) is 4.26. The summed E-state index contributed by atoms with van der Waals surface area (Å²) >= 11 is 0. The highest BCUT2D eigenvalue weighted by Crippen LogP contribution is 2.19. The third-order valence-corrected chi connectivity index (χ3v) is 4.08. The molecule has 0 unspecified atom stereocenters. The Labute approximate surface area is 123 Å². The van der Waals surface area contributed by atoms with Crippen molar-refractivity contribution in [3.63, 3.8) is 0 Å². The summed E-state index contributed by atoms with van der Waals surface area (Å²) in [6.45, 7) is 6.57. The molecule has 0 aliphatic carbocycles. The van der Waals surface area contributed by atoms with Crippen molar-refractivity contribution >= 4 is 10.0 Å². The lowest BCUT2D eigenvalue weighted by molar-refractivity contribution is 0.358. The van der Waals surface area contributed by atoms with Crippen LogP contribution < -0.4 is 4.72 Å². The standard InChI is InChI=1S/C14H17N3O3S/c1-4-21(18,19)17-14(2,3)13-15-12(20-16-13)10-11-8-6-5-7-9-11/h4-9,17H,1,10H2,2-3H3. The van der Waals surface area contributed by atoms with Crippen molar-refractivity contribution in [2.45, 2.75) is 25.8 Å². The van der Waals surface area contributed by atoms with E-state index in [0.29, 0.717) is 12.3 Å². The van der Waals surface area contributed by atoms with Crippen molar-refractivity contribution in [1.82, 2.24) is 14.9 Å². The lowest BCUT2D eigenvalue weighted by Crippen LogP contribution is -2.40. The van der Waals surface area contributed by atoms with Crippen LogP contribution in [0.3, 0.4) is 0 Å². The summed E-state index contributed by atoms with van der Waals surface area (Å²) in [5.41, 5.74) is 0.0584. The Bertz CT molecular complexity index is 721. The number of hydrogen-bond donors (Lipinski definition) is 1. The summed E-state index contributed by atoms with van der Waals surface area (Å²) in [6.07, 6.45) is 0.498. The van der Waals surface area contributed by atoms with Crippen LogP contribution >= 0.6 is 0 Å². The first-order valence-corrected chi connectivity index (χ1v) is 7.90. The highest BCUT2D eigenvalue weighted by molar-refractivity contribution is 7.92. The van der Waals surface area contributed by atoms with E-state index in [1.54, 1.807) is 13.8 Å². The molecule has 21 heavy (non-hydrogen) atoms. The molecule has 1 aromatic heterocycles. The van der Waals surface area contributed by atoms with Gasteiger partial charge in [0.25, 0.3) is 0 Å². The smallest absolute Gasteiger partial charge is 0.234 e. The van der Waals surface area contributed by atoms with Crippen LogP contribution in [-0.4, -0.2) is 18.6 Å². The summed E-state index contributed by atoms with van der Waals surface area (Å²) in [7, 11) is -3.58. The fourth-order valence-electron chi connectivity index (χ4n) is 1.79. The lowest BCUT2D eigenvalue weighted by atomic mass is 10.1. The molecule has 0 fully saturated rings. The van der Waals surface area contributed by atoms with Gasteiger partial charge >= 0.3 is 0 Å². The minimum atomic E-state index is -3.58. The van der Waals surface area contributed by atoms with E-state index in [1.807, 2.05) is 30.3 Å². The average molecular weight is 307 g/mol. The van der Waals surface area contributed by atoms with Gasteiger partial charge in [-0.1, -0.05) is 42.1 Å². The van der Waals surface area contributed by atoms with Gasteiger partial charge in [-0.25, -0.2) is 8.42 Å². The Morgan fingerprint density at radius 2 is 2.00 bits per heavy atom. The lowest BCUT2D eigenvalue weighted by Gasteiger charge is -2.20. The van der Waals surface area contributed by atoms with Gasteiger partial charge < -0.3 is 4.52 Å². The van der Waals surface area contributed by atoms with Crippen molar-refractivity contribution in [2.24, 2.45) is 0 Å². The van der Waals surface area contributed by atoms with Crippen LogP contribution in [0.5, 0.6) is 0 Å². The summed E-state index contributed by atoms with van der Waals surface area (Å²) in [6, 6.07) is 9.68. The van der Waals surface area contributed by atoms with Crippen LogP contribution in [0.25, 0.3) is 0 Å². The van der Waals surface area contributed by atoms with Crippen molar-refractivity contribution in [2.75, 3.05) is 0 Å². The van der Waals surface area contributed by atoms with E-state index >= 15 is 0 Å². The zero-order valence-corrected chi connectivity index (χ0v) is 12.7. The van der Waals surface area contributed by atoms with Gasteiger partial charge in [-0.05, 0) is 19.4 Å². The van der Waals surface area contributed by atoms with Crippen molar-refractivity contribution in [3.8, 4) is 0 Å². The zero-order chi connectivity index (χ0) is 15.5. The van der Waals surface area contributed by atoms with Gasteiger partial charge in [-0.15, -0.1) is 0 Å². The molecule has 0 atom stereocenters. The molecule has 0 amide bonds. The predicted octanol–water partition coefficient (Wildman–Crippen LogP) is 1.96. The first-order chi connectivity index (χ1) is 9.82. The molecule has 6 nitrogen and oxygen atoms in total. The fourth-order valence-corrected chi connectivity index (χ4v) is 2.68. The van der Waals surface area contributed by atoms with E-state index < -0.39 is 15.6 Å². The van der Waals surface area contributed by atoms with E-state index in [1.165, 1.54) is 0 Å². The number of aromatic nitrogens is 2. The summed E-state index contributed by atoms with van der Waals surface area (Å²) in [5, 5.41) is 4.70. The van der Waals surface area contributed by atoms with Crippen molar-refractivity contribution in [3.05, 3.63) is 59.6 Å². The van der Waals surface area contributed by atoms with E-state index in [0.717, 1.165) is 11.0 Å². The van der Waals surface area contributed by atoms with Crippen LogP contribution in [0.2, 0.25) is 0 Å². The van der Waals surface area contributed by atoms with Gasteiger partial charge in [-0.2, -0.15) is 9.71 Å². The second-order valence-corrected chi connectivity index (χ2v) is 6.74. The Morgan fingerprint density at radius 3 is 2.62 bits per heavy atom. The van der Waals surface area contributed by atoms with Gasteiger partial charge in [0.15, 0.2) is 5.82 Å². The van der Waals surface area contributed by atoms with E-state index in [2.05, 4.69) is 21.4 Å². The van der Waals surface area contributed by atoms with Crippen molar-refractivity contribution in [1.29, 1.82) is 0 Å². The third kappa shape index (κ3) is 3.99. The quantitative estimate of drug-likeness (QED) is 0.881. The molecule has 0 aliphatic heterocycles. The largest absolute Gasteiger partial charge is 0.339 e. The van der Waals surface area contributed by atoms with E-state index in [-0.39, 0.29) is 5.82 Å². The van der Waals surface area contributed by atoms with Crippen LogP contribution in [-0.2, 0) is 22.0 Å². The Kier molecular flexibility index (Phi) is 4.24. The first kappa shape index (κ1) is 15.4. The Morgan fingerprint density at radius 1 is 1.33 bits per heavy atom. The topological polar surface area (TPSA) is 85.1 Å². The summed E-state index contributed by atoms with van der Waals surface area (Å²) in [5.74, 6) is 0.709. The molecule has 1 aromatic carbocycles. The molecule has 112 valence electrons. The van der Waals surface area contributed by atoms with Crippen LogP contribution in [0.1, 0.15) is 31.1 Å². The van der Waals surface area contributed by atoms with Gasteiger partial charge in [0.05, 0.1) is 12.0 Å². The highest BCUT2D eigenvalue weighted by atomic mass is 32.2. The Hall–Kier alpha value is -1.99. The van der Waals surface area contributed by atoms with E-state index in [9.17, 15) is 8.42 Å². The van der Waals surface area contributed by atoms with Crippen molar-refractivity contribution < 1.29 is 12.9 Å². The maximum Gasteiger partial charge on any atom is 0.234 e. The van der Waals surface area contributed by atoms with Crippen LogP contribution in [0, 0.1) is 0 Å². The molecular formula is C14H17N3O3S. The molecule has 2 rings (SSSR count). The SMILES string of the molecule is C=CS(=O)(=O)NC(C)(C)c1noc(Cc2ccccc2)n1. The maximum atomic E-state index is 11.6. The molecule has 0 aliphatic rings. The molecule has 0 saturated heterocycles. The van der Waals surface area contributed by atoms with Gasteiger partial charge in [-0.3, -0.25) is 0 Å². The number of nitrogens with zero attached hydrogens (tertiary/aromatic N) is 2. The van der Waals surface area contributed by atoms with Gasteiger partial charge in [0.2, 0.25) is 15.9 Å². The minimum Gasteiger partial charge on any atom is -0.339 e. The second-order valence-electron chi connectivity index (χ2n) is 5.11. The van der Waals surface area contributed by atoms with Crippen LogP contribution in [0.4, 0.5) is 0 Å². The third-order valence-electron chi connectivity index (χ3n) is 2.84. The Balaban J connectivity index is 2.17. The molecule has 0 saturated carbocycles. The second kappa shape index (κ2) is 5.79. The molecule has 0 spiro atoms. The maximum absolute atomic E-state index is 11.6. The minimum absolute atomic E-state index is 0.277. The highest BCUT2D eigenvalue weighted by Gasteiger charge is 2.30. The molecule has 2 aromatic rings. The summed E-state index contributed by atoms with van der Waals surface area (Å²) < 4.78 is 30.8. The number of rotatable bonds is 6. The number of benzene rings is 1. The monoisotopic (exact) mass is 307 g/mol. The average Bonchev–Trinajstić information content (AvgIpc) is 2.88. The molecule has 0 radical (unpaired) electrons. The number of hydrogen-bond acceptors (Lipinski definition) is 5. The molecule has 7 heteroatoms. The van der Waals surface area contributed by atoms with Gasteiger partial charge in [0.1, 0.15) is 0 Å². The normalized spacial score (nSPS) is 12.3. The van der Waals surface area contributed by atoms with Gasteiger partial charge in [0, 0.05) is 5.41 Å². The fraction of sp³-hybridized carbons (Fsp3) is 0.286. The molecule has 1 heterocycles.